The normalized spacial score (nSPS) is 10.9. The number of hydrogen-bond acceptors (Lipinski definition) is 3. The van der Waals surface area contributed by atoms with Crippen LogP contribution in [0.5, 0.6) is 5.75 Å². The van der Waals surface area contributed by atoms with Gasteiger partial charge in [-0.25, -0.2) is 9.59 Å². The Labute approximate surface area is 111 Å². The third-order valence-electron chi connectivity index (χ3n) is 2.19. The van der Waals surface area contributed by atoms with Crippen LogP contribution in [-0.2, 0) is 0 Å². The second-order valence-electron chi connectivity index (χ2n) is 3.78. The average Bonchev–Trinajstić information content (AvgIpc) is 2.29. The minimum absolute atomic E-state index is 0.112. The number of benzene rings is 1. The molecule has 0 aliphatic rings. The molecule has 9 heteroatoms. The van der Waals surface area contributed by atoms with E-state index in [2.05, 4.69) is 5.32 Å². The standard InChI is InChI=1S/C11H11F3N2O4/c12-11(13,14)3-4-15-10(20)16-7-2-1-6(9(18)19)5-8(7)17/h1-2,5,17H,3-4H2,(H,18,19)(H2,15,16,20). The van der Waals surface area contributed by atoms with Crippen molar-refractivity contribution in [2.45, 2.75) is 12.6 Å². The highest BCUT2D eigenvalue weighted by atomic mass is 19.4. The number of hydrogen-bond donors (Lipinski definition) is 4. The second kappa shape index (κ2) is 6.13. The van der Waals surface area contributed by atoms with Crippen molar-refractivity contribution in [1.29, 1.82) is 0 Å². The molecule has 110 valence electrons. The zero-order valence-corrected chi connectivity index (χ0v) is 9.99. The lowest BCUT2D eigenvalue weighted by molar-refractivity contribution is -0.132. The topological polar surface area (TPSA) is 98.7 Å². The fraction of sp³-hybridized carbons (Fsp3) is 0.273. The molecule has 0 bridgehead atoms. The second-order valence-corrected chi connectivity index (χ2v) is 3.78. The van der Waals surface area contributed by atoms with Gasteiger partial charge in [0.2, 0.25) is 0 Å². The molecule has 0 spiro atoms. The number of rotatable bonds is 4. The lowest BCUT2D eigenvalue weighted by Crippen LogP contribution is -2.31. The molecule has 1 aromatic rings. The Hall–Kier alpha value is -2.45. The number of carboxylic acids is 1. The van der Waals surface area contributed by atoms with E-state index in [1.165, 1.54) is 0 Å². The van der Waals surface area contributed by atoms with Crippen molar-refractivity contribution >= 4 is 17.7 Å². The Balaban J connectivity index is 2.56. The molecule has 0 aliphatic heterocycles. The lowest BCUT2D eigenvalue weighted by Gasteiger charge is -2.10. The number of carbonyl (C=O) groups excluding carboxylic acids is 1. The zero-order chi connectivity index (χ0) is 15.3. The maximum atomic E-state index is 11.8. The van der Waals surface area contributed by atoms with E-state index < -0.39 is 36.9 Å². The molecular formula is C11H11F3N2O4. The molecule has 2 amide bonds. The van der Waals surface area contributed by atoms with Crippen LogP contribution in [0.1, 0.15) is 16.8 Å². The van der Waals surface area contributed by atoms with Crippen LogP contribution in [-0.4, -0.2) is 34.9 Å². The molecule has 4 N–H and O–H groups in total. The quantitative estimate of drug-likeness (QED) is 0.639. The third kappa shape index (κ3) is 5.04. The zero-order valence-electron chi connectivity index (χ0n) is 9.99. The van der Waals surface area contributed by atoms with E-state index in [-0.39, 0.29) is 11.3 Å². The summed E-state index contributed by atoms with van der Waals surface area (Å²) < 4.78 is 35.5. The molecule has 0 aliphatic carbocycles. The number of nitrogens with one attached hydrogen (secondary N) is 2. The number of urea groups is 1. The van der Waals surface area contributed by atoms with E-state index in [0.29, 0.717) is 0 Å². The number of amides is 2. The van der Waals surface area contributed by atoms with Gasteiger partial charge in [-0.3, -0.25) is 0 Å². The first-order valence-corrected chi connectivity index (χ1v) is 5.37. The summed E-state index contributed by atoms with van der Waals surface area (Å²) >= 11 is 0. The first-order valence-electron chi connectivity index (χ1n) is 5.37. The predicted octanol–water partition coefficient (Wildman–Crippen LogP) is 2.16. The fourth-order valence-electron chi connectivity index (χ4n) is 1.25. The molecule has 0 saturated heterocycles. The first-order chi connectivity index (χ1) is 9.19. The summed E-state index contributed by atoms with van der Waals surface area (Å²) in [6.07, 6.45) is -5.55. The first kappa shape index (κ1) is 15.6. The summed E-state index contributed by atoms with van der Waals surface area (Å²) in [5, 5.41) is 22.2. The number of phenols is 1. The van der Waals surface area contributed by atoms with Crippen LogP contribution in [0, 0.1) is 0 Å². The van der Waals surface area contributed by atoms with Crippen LogP contribution in [0.4, 0.5) is 23.7 Å². The van der Waals surface area contributed by atoms with E-state index in [4.69, 9.17) is 5.11 Å². The molecule has 0 atom stereocenters. The highest BCUT2D eigenvalue weighted by Crippen LogP contribution is 2.24. The van der Waals surface area contributed by atoms with E-state index in [9.17, 15) is 27.9 Å². The molecule has 20 heavy (non-hydrogen) atoms. The molecule has 0 unspecified atom stereocenters. The van der Waals surface area contributed by atoms with E-state index >= 15 is 0 Å². The highest BCUT2D eigenvalue weighted by molar-refractivity contribution is 5.93. The highest BCUT2D eigenvalue weighted by Gasteiger charge is 2.26. The van der Waals surface area contributed by atoms with Gasteiger partial charge >= 0.3 is 18.2 Å². The van der Waals surface area contributed by atoms with E-state index in [1.807, 2.05) is 5.32 Å². The molecule has 0 radical (unpaired) electrons. The van der Waals surface area contributed by atoms with Crippen molar-refractivity contribution in [3.05, 3.63) is 23.8 Å². The third-order valence-corrected chi connectivity index (χ3v) is 2.19. The SMILES string of the molecule is O=C(NCCC(F)(F)F)Nc1ccc(C(=O)O)cc1O. The number of carboxylic acid groups (broad SMARTS) is 1. The number of aromatic hydroxyl groups is 1. The van der Waals surface area contributed by atoms with Crippen molar-refractivity contribution in [3.8, 4) is 5.75 Å². The largest absolute Gasteiger partial charge is 0.506 e. The van der Waals surface area contributed by atoms with Crippen LogP contribution in [0.15, 0.2) is 18.2 Å². The summed E-state index contributed by atoms with van der Waals surface area (Å²) in [6, 6.07) is 2.23. The molecule has 0 heterocycles. The number of halogens is 3. The molecule has 1 aromatic carbocycles. The average molecular weight is 292 g/mol. The summed E-state index contributed by atoms with van der Waals surface area (Å²) in [5.74, 6) is -1.77. The van der Waals surface area contributed by atoms with Gasteiger partial charge in [0.05, 0.1) is 17.7 Å². The van der Waals surface area contributed by atoms with Crippen LogP contribution in [0.3, 0.4) is 0 Å². The van der Waals surface area contributed by atoms with Gasteiger partial charge in [-0.1, -0.05) is 0 Å². The van der Waals surface area contributed by atoms with Crippen LogP contribution in [0.2, 0.25) is 0 Å². The number of phenolic OH excluding ortho intramolecular Hbond substituents is 1. The number of carbonyl (C=O) groups is 2. The minimum atomic E-state index is -4.38. The Morgan fingerprint density at radius 1 is 1.25 bits per heavy atom. The van der Waals surface area contributed by atoms with Crippen LogP contribution in [0.25, 0.3) is 0 Å². The van der Waals surface area contributed by atoms with Gasteiger partial charge in [-0.05, 0) is 18.2 Å². The summed E-state index contributed by atoms with van der Waals surface area (Å²) in [7, 11) is 0. The van der Waals surface area contributed by atoms with E-state index in [0.717, 1.165) is 18.2 Å². The Morgan fingerprint density at radius 3 is 2.40 bits per heavy atom. The lowest BCUT2D eigenvalue weighted by atomic mass is 10.2. The summed E-state index contributed by atoms with van der Waals surface area (Å²) in [5.41, 5.74) is -0.301. The van der Waals surface area contributed by atoms with Gasteiger partial charge in [0, 0.05) is 6.54 Å². The molecule has 0 aromatic heterocycles. The van der Waals surface area contributed by atoms with Crippen molar-refractivity contribution in [1.82, 2.24) is 5.32 Å². The number of alkyl halides is 3. The van der Waals surface area contributed by atoms with Crippen molar-refractivity contribution in [2.75, 3.05) is 11.9 Å². The van der Waals surface area contributed by atoms with Gasteiger partial charge in [0.15, 0.2) is 0 Å². The predicted molar refractivity (Wildman–Crippen MR) is 62.8 cm³/mol. The van der Waals surface area contributed by atoms with Gasteiger partial charge < -0.3 is 20.8 Å². The monoisotopic (exact) mass is 292 g/mol. The summed E-state index contributed by atoms with van der Waals surface area (Å²) in [4.78, 5) is 21.9. The fourth-order valence-corrected chi connectivity index (χ4v) is 1.25. The van der Waals surface area contributed by atoms with Gasteiger partial charge in [0.1, 0.15) is 5.75 Å². The number of aromatic carboxylic acids is 1. The Morgan fingerprint density at radius 2 is 1.90 bits per heavy atom. The van der Waals surface area contributed by atoms with Crippen molar-refractivity contribution in [3.63, 3.8) is 0 Å². The van der Waals surface area contributed by atoms with Gasteiger partial charge in [-0.15, -0.1) is 0 Å². The maximum absolute atomic E-state index is 11.8. The van der Waals surface area contributed by atoms with Crippen molar-refractivity contribution in [2.24, 2.45) is 0 Å². The van der Waals surface area contributed by atoms with Gasteiger partial charge in [0.25, 0.3) is 0 Å². The Bertz CT molecular complexity index is 517. The minimum Gasteiger partial charge on any atom is -0.506 e. The van der Waals surface area contributed by atoms with E-state index in [1.54, 1.807) is 0 Å². The van der Waals surface area contributed by atoms with Crippen LogP contribution >= 0.6 is 0 Å². The Kier molecular flexibility index (Phi) is 4.78. The summed E-state index contributed by atoms with van der Waals surface area (Å²) in [6.45, 7) is -0.608. The molecule has 0 fully saturated rings. The molecule has 0 saturated carbocycles. The van der Waals surface area contributed by atoms with Crippen LogP contribution < -0.4 is 10.6 Å². The molecule has 1 rings (SSSR count). The smallest absolute Gasteiger partial charge is 0.390 e. The number of anilines is 1. The van der Waals surface area contributed by atoms with Gasteiger partial charge in [-0.2, -0.15) is 13.2 Å². The maximum Gasteiger partial charge on any atom is 0.390 e. The van der Waals surface area contributed by atoms with Crippen molar-refractivity contribution < 1.29 is 33.0 Å². The molecular weight excluding hydrogens is 281 g/mol. The molecule has 6 nitrogen and oxygen atoms in total.